The van der Waals surface area contributed by atoms with E-state index in [-0.39, 0.29) is 5.56 Å². The van der Waals surface area contributed by atoms with Crippen molar-refractivity contribution >= 4 is 5.78 Å². The Bertz CT molecular complexity index is 1280. The highest BCUT2D eigenvalue weighted by Crippen LogP contribution is 2.44. The monoisotopic (exact) mass is 519 g/mol. The maximum absolute atomic E-state index is 14.0. The first-order valence-electron chi connectivity index (χ1n) is 9.88. The second kappa shape index (κ2) is 9.76. The molecule has 0 radical (unpaired) electrons. The molecule has 0 bridgehead atoms. The highest BCUT2D eigenvalue weighted by molar-refractivity contribution is 6.14. The zero-order valence-electron chi connectivity index (χ0n) is 17.8. The van der Waals surface area contributed by atoms with Crippen molar-refractivity contribution in [3.8, 4) is 11.1 Å². The van der Waals surface area contributed by atoms with Crippen LogP contribution in [0.2, 0.25) is 0 Å². The summed E-state index contributed by atoms with van der Waals surface area (Å²) < 4.78 is 122. The zero-order chi connectivity index (χ0) is 27.0. The summed E-state index contributed by atoms with van der Waals surface area (Å²) in [5, 5.41) is 10.4. The number of aliphatic hydroxyl groups is 1. The number of carbonyl (C=O) groups excluding carboxylic acids is 1. The number of hydrogen-bond donors (Lipinski definition) is 1. The maximum atomic E-state index is 14.0. The molecule has 3 rings (SSSR count). The van der Waals surface area contributed by atoms with Gasteiger partial charge in [0.15, 0.2) is 11.5 Å². The smallest absolute Gasteiger partial charge is 0.384 e. The lowest BCUT2D eigenvalue weighted by Crippen LogP contribution is -2.22. The first-order chi connectivity index (χ1) is 16.7. The standard InChI is InChI=1S/C24H14F9NO2/c1-2-15(35)17-16(11-5-9-14(25)10-6-11)18(21(24(31,32)33)34-19(17)22(26)27)20(36)12-3-7-13(8-4-12)23(28,29)30/h2-10,15,22,35H,1H2. The molecule has 2 aromatic carbocycles. The molecule has 1 unspecified atom stereocenters. The average molecular weight is 519 g/mol. The second-order valence-electron chi connectivity index (χ2n) is 7.40. The van der Waals surface area contributed by atoms with Gasteiger partial charge in [0.05, 0.1) is 17.2 Å². The summed E-state index contributed by atoms with van der Waals surface area (Å²) in [4.78, 5) is 16.3. The summed E-state index contributed by atoms with van der Waals surface area (Å²) in [5.41, 5.74) is -8.81. The van der Waals surface area contributed by atoms with Gasteiger partial charge in [-0.3, -0.25) is 4.79 Å². The fourth-order valence-corrected chi connectivity index (χ4v) is 3.50. The lowest BCUT2D eigenvalue weighted by atomic mass is 9.86. The second-order valence-corrected chi connectivity index (χ2v) is 7.40. The number of nitrogens with zero attached hydrogens (tertiary/aromatic N) is 1. The molecule has 0 aliphatic rings. The van der Waals surface area contributed by atoms with Gasteiger partial charge in [-0.2, -0.15) is 26.3 Å². The largest absolute Gasteiger partial charge is 0.434 e. The predicted molar refractivity (Wildman–Crippen MR) is 110 cm³/mol. The van der Waals surface area contributed by atoms with Crippen LogP contribution in [0.25, 0.3) is 11.1 Å². The molecule has 1 atom stereocenters. The molecule has 1 aromatic heterocycles. The molecule has 3 aromatic rings. The van der Waals surface area contributed by atoms with E-state index in [4.69, 9.17) is 0 Å². The molecular weight excluding hydrogens is 505 g/mol. The van der Waals surface area contributed by atoms with E-state index in [1.807, 2.05) is 0 Å². The van der Waals surface area contributed by atoms with Gasteiger partial charge in [0.2, 0.25) is 0 Å². The van der Waals surface area contributed by atoms with Gasteiger partial charge in [-0.05, 0) is 29.8 Å². The Morgan fingerprint density at radius 2 is 1.47 bits per heavy atom. The van der Waals surface area contributed by atoms with Gasteiger partial charge in [-0.15, -0.1) is 6.58 Å². The van der Waals surface area contributed by atoms with Crippen molar-refractivity contribution in [3.63, 3.8) is 0 Å². The minimum atomic E-state index is -5.48. The van der Waals surface area contributed by atoms with Crippen LogP contribution < -0.4 is 0 Å². The fourth-order valence-electron chi connectivity index (χ4n) is 3.50. The first kappa shape index (κ1) is 26.9. The number of benzene rings is 2. The molecule has 0 aliphatic heterocycles. The number of carbonyl (C=O) groups is 1. The van der Waals surface area contributed by atoms with E-state index in [1.54, 1.807) is 0 Å². The predicted octanol–water partition coefficient (Wildman–Crippen LogP) is 7.31. The van der Waals surface area contributed by atoms with Crippen molar-refractivity contribution in [2.45, 2.75) is 24.9 Å². The van der Waals surface area contributed by atoms with Crippen LogP contribution in [0.15, 0.2) is 61.2 Å². The first-order valence-corrected chi connectivity index (χ1v) is 9.88. The SMILES string of the molecule is C=CC(O)c1c(C(F)F)nc(C(F)(F)F)c(C(=O)c2ccc(C(F)(F)F)cc2)c1-c1ccc(F)cc1. The Labute approximate surface area is 197 Å². The Morgan fingerprint density at radius 3 is 1.92 bits per heavy atom. The van der Waals surface area contributed by atoms with E-state index in [1.165, 1.54) is 0 Å². The molecule has 0 aliphatic carbocycles. The normalized spacial score (nSPS) is 13.1. The molecule has 190 valence electrons. The summed E-state index contributed by atoms with van der Waals surface area (Å²) >= 11 is 0. The fraction of sp³-hybridized carbons (Fsp3) is 0.167. The van der Waals surface area contributed by atoms with Gasteiger partial charge in [0.25, 0.3) is 6.43 Å². The van der Waals surface area contributed by atoms with Crippen molar-refractivity contribution in [2.24, 2.45) is 0 Å². The number of hydrogen-bond acceptors (Lipinski definition) is 3. The van der Waals surface area contributed by atoms with Crippen molar-refractivity contribution in [3.05, 3.63) is 101 Å². The van der Waals surface area contributed by atoms with Crippen LogP contribution in [-0.2, 0) is 12.4 Å². The number of halogens is 9. The summed E-state index contributed by atoms with van der Waals surface area (Å²) in [6.45, 7) is 3.23. The van der Waals surface area contributed by atoms with Crippen LogP contribution in [0.5, 0.6) is 0 Å². The number of pyridine rings is 1. The van der Waals surface area contributed by atoms with Crippen LogP contribution >= 0.6 is 0 Å². The third kappa shape index (κ3) is 5.27. The van der Waals surface area contributed by atoms with E-state index >= 15 is 0 Å². The molecule has 36 heavy (non-hydrogen) atoms. The van der Waals surface area contributed by atoms with E-state index < -0.39 is 75.7 Å². The minimum Gasteiger partial charge on any atom is -0.384 e. The summed E-state index contributed by atoms with van der Waals surface area (Å²) in [6.07, 6.45) is -15.3. The average Bonchev–Trinajstić information content (AvgIpc) is 2.81. The molecule has 0 amide bonds. The third-order valence-corrected chi connectivity index (χ3v) is 5.09. The maximum Gasteiger partial charge on any atom is 0.434 e. The lowest BCUT2D eigenvalue weighted by molar-refractivity contribution is -0.141. The van der Waals surface area contributed by atoms with Gasteiger partial charge in [0.1, 0.15) is 11.5 Å². The van der Waals surface area contributed by atoms with E-state index in [9.17, 15) is 49.4 Å². The Balaban J connectivity index is 2.47. The van der Waals surface area contributed by atoms with Gasteiger partial charge in [-0.25, -0.2) is 18.2 Å². The Kier molecular flexibility index (Phi) is 7.30. The summed E-state index contributed by atoms with van der Waals surface area (Å²) in [5.74, 6) is -2.36. The highest BCUT2D eigenvalue weighted by Gasteiger charge is 2.42. The van der Waals surface area contributed by atoms with Crippen LogP contribution in [0.4, 0.5) is 39.5 Å². The Morgan fingerprint density at radius 1 is 0.917 bits per heavy atom. The third-order valence-electron chi connectivity index (χ3n) is 5.09. The number of aromatic nitrogens is 1. The van der Waals surface area contributed by atoms with Gasteiger partial charge in [-0.1, -0.05) is 30.3 Å². The van der Waals surface area contributed by atoms with E-state index in [2.05, 4.69) is 11.6 Å². The van der Waals surface area contributed by atoms with Crippen LogP contribution in [0.3, 0.4) is 0 Å². The number of ketones is 1. The number of rotatable bonds is 6. The Hall–Kier alpha value is -3.67. The van der Waals surface area contributed by atoms with Gasteiger partial charge >= 0.3 is 12.4 Å². The van der Waals surface area contributed by atoms with Crippen LogP contribution in [0.1, 0.15) is 51.0 Å². The molecule has 0 saturated carbocycles. The van der Waals surface area contributed by atoms with Crippen molar-refractivity contribution in [1.29, 1.82) is 0 Å². The molecule has 0 saturated heterocycles. The highest BCUT2D eigenvalue weighted by atomic mass is 19.4. The van der Waals surface area contributed by atoms with Crippen LogP contribution in [-0.4, -0.2) is 15.9 Å². The van der Waals surface area contributed by atoms with Crippen molar-refractivity contribution in [2.75, 3.05) is 0 Å². The topological polar surface area (TPSA) is 50.2 Å². The molecule has 12 heteroatoms. The van der Waals surface area contributed by atoms with Crippen molar-refractivity contribution < 1.29 is 49.4 Å². The zero-order valence-corrected chi connectivity index (χ0v) is 17.8. The lowest BCUT2D eigenvalue weighted by Gasteiger charge is -2.23. The van der Waals surface area contributed by atoms with E-state index in [0.29, 0.717) is 30.3 Å². The minimum absolute atomic E-state index is 0.364. The van der Waals surface area contributed by atoms with Crippen molar-refractivity contribution in [1.82, 2.24) is 4.98 Å². The molecule has 0 fully saturated rings. The van der Waals surface area contributed by atoms with Gasteiger partial charge in [0, 0.05) is 16.7 Å². The summed E-state index contributed by atoms with van der Waals surface area (Å²) in [6, 6.07) is 5.49. The number of alkyl halides is 8. The van der Waals surface area contributed by atoms with Crippen LogP contribution in [0, 0.1) is 5.82 Å². The molecule has 1 heterocycles. The molecule has 1 N–H and O–H groups in total. The molecule has 0 spiro atoms. The molecule has 3 nitrogen and oxygen atoms in total. The number of aliphatic hydroxyl groups excluding tert-OH is 1. The molecular formula is C24H14F9NO2. The van der Waals surface area contributed by atoms with Gasteiger partial charge < -0.3 is 5.11 Å². The summed E-state index contributed by atoms with van der Waals surface area (Å²) in [7, 11) is 0. The quantitative estimate of drug-likeness (QED) is 0.211. The van der Waals surface area contributed by atoms with E-state index in [0.717, 1.165) is 24.3 Å².